The van der Waals surface area contributed by atoms with Crippen LogP contribution in [0.25, 0.3) is 11.0 Å². The number of nitrogens with zero attached hydrogens (tertiary/aromatic N) is 3. The number of hydrogen-bond donors (Lipinski definition) is 2. The van der Waals surface area contributed by atoms with E-state index in [0.717, 1.165) is 66.9 Å². The molecule has 1 fully saturated rings. The Morgan fingerprint density at radius 3 is 2.76 bits per heavy atom. The van der Waals surface area contributed by atoms with Gasteiger partial charge >= 0.3 is 6.09 Å². The lowest BCUT2D eigenvalue weighted by molar-refractivity contribution is 0.198. The third-order valence-electron chi connectivity index (χ3n) is 6.34. The van der Waals surface area contributed by atoms with Gasteiger partial charge in [-0.1, -0.05) is 30.3 Å². The Bertz CT molecular complexity index is 1050. The van der Waals surface area contributed by atoms with E-state index in [4.69, 9.17) is 4.98 Å². The van der Waals surface area contributed by atoms with E-state index in [1.165, 1.54) is 10.5 Å². The van der Waals surface area contributed by atoms with Crippen molar-refractivity contribution in [3.8, 4) is 0 Å². The van der Waals surface area contributed by atoms with E-state index in [1.54, 1.807) is 0 Å². The molecule has 3 aromatic rings. The standard InChI is InChI=1S/C23H26N4O2/c1-15-7-8-18-19(26(15)23(28)29)9-10-20-22(18)25-21(13-16-5-3-2-4-6-16)27(20)17-11-12-24-14-17/h2-6,9-10,15,17,24H,7-8,11-14H2,1H3,(H,28,29)/t15-,17+/m0/s1. The molecular weight excluding hydrogens is 364 g/mol. The van der Waals surface area contributed by atoms with Gasteiger partial charge in [0.15, 0.2) is 0 Å². The zero-order valence-corrected chi connectivity index (χ0v) is 16.6. The van der Waals surface area contributed by atoms with E-state index in [9.17, 15) is 9.90 Å². The Labute approximate surface area is 170 Å². The second kappa shape index (κ2) is 7.19. The highest BCUT2D eigenvalue weighted by atomic mass is 16.4. The van der Waals surface area contributed by atoms with E-state index < -0.39 is 6.09 Å². The van der Waals surface area contributed by atoms with E-state index in [0.29, 0.717) is 6.04 Å². The molecule has 0 aliphatic carbocycles. The van der Waals surface area contributed by atoms with Crippen LogP contribution in [0, 0.1) is 0 Å². The van der Waals surface area contributed by atoms with Crippen LogP contribution in [0.4, 0.5) is 10.5 Å². The number of anilines is 1. The first-order valence-electron chi connectivity index (χ1n) is 10.4. The molecule has 2 atom stereocenters. The molecule has 3 heterocycles. The van der Waals surface area contributed by atoms with Crippen LogP contribution in [0.2, 0.25) is 0 Å². The summed E-state index contributed by atoms with van der Waals surface area (Å²) in [6, 6.07) is 14.9. The number of aryl methyl sites for hydroxylation is 1. The molecule has 1 amide bonds. The second-order valence-corrected chi connectivity index (χ2v) is 8.18. The Kier molecular flexibility index (Phi) is 4.51. The lowest BCUT2D eigenvalue weighted by Crippen LogP contribution is -2.41. The Morgan fingerprint density at radius 2 is 2.03 bits per heavy atom. The number of carboxylic acid groups (broad SMARTS) is 1. The number of amides is 1. The summed E-state index contributed by atoms with van der Waals surface area (Å²) in [5, 5.41) is 13.2. The topological polar surface area (TPSA) is 70.4 Å². The predicted molar refractivity (Wildman–Crippen MR) is 114 cm³/mol. The molecule has 0 spiro atoms. The molecule has 2 aromatic carbocycles. The van der Waals surface area contributed by atoms with Gasteiger partial charge in [-0.2, -0.15) is 0 Å². The Morgan fingerprint density at radius 1 is 1.21 bits per heavy atom. The molecule has 2 N–H and O–H groups in total. The van der Waals surface area contributed by atoms with Crippen LogP contribution < -0.4 is 10.2 Å². The number of hydrogen-bond acceptors (Lipinski definition) is 3. The summed E-state index contributed by atoms with van der Waals surface area (Å²) < 4.78 is 2.39. The number of imidazole rings is 1. The quantitative estimate of drug-likeness (QED) is 0.710. The average molecular weight is 390 g/mol. The first-order chi connectivity index (χ1) is 14.1. The minimum absolute atomic E-state index is 0.0117. The molecule has 6 heteroatoms. The van der Waals surface area contributed by atoms with Crippen LogP contribution in [-0.2, 0) is 12.8 Å². The first-order valence-corrected chi connectivity index (χ1v) is 10.4. The SMILES string of the molecule is C[C@H]1CCc2c(ccc3c2nc(Cc2ccccc2)n3[C@@H]2CCNC2)N1C(=O)O. The first kappa shape index (κ1) is 18.2. The van der Waals surface area contributed by atoms with E-state index in [1.807, 2.05) is 19.1 Å². The third-order valence-corrected chi connectivity index (χ3v) is 6.34. The van der Waals surface area contributed by atoms with Gasteiger partial charge in [0.05, 0.1) is 16.7 Å². The van der Waals surface area contributed by atoms with Crippen molar-refractivity contribution in [2.45, 2.75) is 44.7 Å². The van der Waals surface area contributed by atoms with Crippen molar-refractivity contribution in [3.05, 3.63) is 59.4 Å². The van der Waals surface area contributed by atoms with Crippen LogP contribution in [0.1, 0.15) is 42.8 Å². The fraction of sp³-hybridized carbons (Fsp3) is 0.391. The number of nitrogens with one attached hydrogen (secondary N) is 1. The summed E-state index contributed by atoms with van der Waals surface area (Å²) in [5.41, 5.74) is 5.21. The van der Waals surface area contributed by atoms with E-state index in [2.05, 4.69) is 40.2 Å². The second-order valence-electron chi connectivity index (χ2n) is 8.18. The molecule has 1 aromatic heterocycles. The number of aromatic nitrogens is 2. The van der Waals surface area contributed by atoms with Crippen LogP contribution in [0.15, 0.2) is 42.5 Å². The largest absolute Gasteiger partial charge is 0.465 e. The summed E-state index contributed by atoms with van der Waals surface area (Å²) >= 11 is 0. The molecule has 1 saturated heterocycles. The lowest BCUT2D eigenvalue weighted by atomic mass is 9.95. The minimum atomic E-state index is -0.887. The molecule has 0 unspecified atom stereocenters. The molecule has 150 valence electrons. The zero-order valence-electron chi connectivity index (χ0n) is 16.6. The van der Waals surface area contributed by atoms with Crippen molar-refractivity contribution in [1.29, 1.82) is 0 Å². The van der Waals surface area contributed by atoms with Crippen molar-refractivity contribution in [3.63, 3.8) is 0 Å². The summed E-state index contributed by atoms with van der Waals surface area (Å²) in [7, 11) is 0. The molecule has 5 rings (SSSR count). The van der Waals surface area contributed by atoms with Gasteiger partial charge in [-0.3, -0.25) is 4.90 Å². The van der Waals surface area contributed by atoms with Crippen molar-refractivity contribution in [2.24, 2.45) is 0 Å². The maximum Gasteiger partial charge on any atom is 0.412 e. The van der Waals surface area contributed by atoms with Crippen molar-refractivity contribution >= 4 is 22.8 Å². The van der Waals surface area contributed by atoms with Gasteiger partial charge in [0.1, 0.15) is 5.82 Å². The van der Waals surface area contributed by atoms with E-state index >= 15 is 0 Å². The summed E-state index contributed by atoms with van der Waals surface area (Å²) in [5.74, 6) is 1.06. The highest BCUT2D eigenvalue weighted by molar-refractivity contribution is 5.94. The van der Waals surface area contributed by atoms with Gasteiger partial charge in [0, 0.05) is 30.6 Å². The summed E-state index contributed by atoms with van der Waals surface area (Å²) in [4.78, 5) is 18.5. The monoisotopic (exact) mass is 390 g/mol. The number of fused-ring (bicyclic) bond motifs is 3. The average Bonchev–Trinajstić information content (AvgIpc) is 3.35. The van der Waals surface area contributed by atoms with Crippen molar-refractivity contribution in [1.82, 2.24) is 14.9 Å². The maximum atomic E-state index is 11.9. The van der Waals surface area contributed by atoms with Crippen LogP contribution in [0.3, 0.4) is 0 Å². The van der Waals surface area contributed by atoms with Crippen LogP contribution in [0.5, 0.6) is 0 Å². The molecule has 6 nitrogen and oxygen atoms in total. The number of benzene rings is 2. The highest BCUT2D eigenvalue weighted by Gasteiger charge is 2.31. The third kappa shape index (κ3) is 3.08. The normalized spacial score (nSPS) is 21.5. The van der Waals surface area contributed by atoms with E-state index in [-0.39, 0.29) is 6.04 Å². The van der Waals surface area contributed by atoms with Crippen LogP contribution in [-0.4, -0.2) is 39.9 Å². The van der Waals surface area contributed by atoms with Gasteiger partial charge < -0.3 is 15.0 Å². The number of carbonyl (C=O) groups is 1. The summed E-state index contributed by atoms with van der Waals surface area (Å²) in [6.45, 7) is 3.94. The molecular formula is C23H26N4O2. The Balaban J connectivity index is 1.68. The predicted octanol–water partition coefficient (Wildman–Crippen LogP) is 3.98. The fourth-order valence-electron chi connectivity index (χ4n) is 4.91. The van der Waals surface area contributed by atoms with Gasteiger partial charge in [-0.15, -0.1) is 0 Å². The molecule has 0 bridgehead atoms. The van der Waals surface area contributed by atoms with Gasteiger partial charge in [0.2, 0.25) is 0 Å². The van der Waals surface area contributed by atoms with Gasteiger partial charge in [-0.25, -0.2) is 9.78 Å². The molecule has 2 aliphatic heterocycles. The van der Waals surface area contributed by atoms with Gasteiger partial charge in [-0.05, 0) is 50.4 Å². The molecule has 29 heavy (non-hydrogen) atoms. The van der Waals surface area contributed by atoms with Crippen molar-refractivity contribution < 1.29 is 9.90 Å². The van der Waals surface area contributed by atoms with Crippen molar-refractivity contribution in [2.75, 3.05) is 18.0 Å². The molecule has 2 aliphatic rings. The smallest absolute Gasteiger partial charge is 0.412 e. The lowest BCUT2D eigenvalue weighted by Gasteiger charge is -2.33. The van der Waals surface area contributed by atoms with Gasteiger partial charge in [0.25, 0.3) is 0 Å². The summed E-state index contributed by atoms with van der Waals surface area (Å²) in [6.07, 6.45) is 2.66. The fourth-order valence-corrected chi connectivity index (χ4v) is 4.91. The molecule has 0 saturated carbocycles. The Hall–Kier alpha value is -2.86. The van der Waals surface area contributed by atoms with Crippen LogP contribution >= 0.6 is 0 Å². The highest BCUT2D eigenvalue weighted by Crippen LogP contribution is 2.37. The molecule has 0 radical (unpaired) electrons. The maximum absolute atomic E-state index is 11.9. The number of rotatable bonds is 3. The minimum Gasteiger partial charge on any atom is -0.465 e. The zero-order chi connectivity index (χ0) is 20.0.